The number of nitrogens with zero attached hydrogens (tertiary/aromatic N) is 2. The van der Waals surface area contributed by atoms with Gasteiger partial charge in [-0.1, -0.05) is 18.2 Å². The zero-order valence-corrected chi connectivity index (χ0v) is 9.96. The highest BCUT2D eigenvalue weighted by Gasteiger charge is 2.24. The molecule has 1 amide bonds. The summed E-state index contributed by atoms with van der Waals surface area (Å²) in [5.74, 6) is -0.300. The number of carbonyl (C=O) groups excluding carboxylic acids is 1. The van der Waals surface area contributed by atoms with Gasteiger partial charge < -0.3 is 11.5 Å². The molecule has 94 valence electrons. The minimum Gasteiger partial charge on any atom is -0.382 e. The SMILES string of the molecule is NC(=O)n1ncc(S(=O)(=O)c2ccccc2)c1N. The Morgan fingerprint density at radius 1 is 1.22 bits per heavy atom. The van der Waals surface area contributed by atoms with Gasteiger partial charge in [-0.3, -0.25) is 0 Å². The van der Waals surface area contributed by atoms with Gasteiger partial charge in [0.15, 0.2) is 5.82 Å². The summed E-state index contributed by atoms with van der Waals surface area (Å²) in [7, 11) is -3.80. The van der Waals surface area contributed by atoms with E-state index in [-0.39, 0.29) is 15.6 Å². The largest absolute Gasteiger partial charge is 0.382 e. The molecule has 0 unspecified atom stereocenters. The summed E-state index contributed by atoms with van der Waals surface area (Å²) < 4.78 is 25.0. The molecule has 0 saturated heterocycles. The number of hydrogen-bond donors (Lipinski definition) is 2. The van der Waals surface area contributed by atoms with E-state index >= 15 is 0 Å². The van der Waals surface area contributed by atoms with Crippen molar-refractivity contribution in [2.24, 2.45) is 5.73 Å². The Morgan fingerprint density at radius 3 is 2.33 bits per heavy atom. The van der Waals surface area contributed by atoms with E-state index in [4.69, 9.17) is 11.5 Å². The van der Waals surface area contributed by atoms with E-state index in [0.29, 0.717) is 4.68 Å². The van der Waals surface area contributed by atoms with Crippen molar-refractivity contribution >= 4 is 21.7 Å². The average molecular weight is 266 g/mol. The van der Waals surface area contributed by atoms with Gasteiger partial charge >= 0.3 is 6.03 Å². The highest BCUT2D eigenvalue weighted by Crippen LogP contribution is 2.24. The van der Waals surface area contributed by atoms with Crippen molar-refractivity contribution in [1.29, 1.82) is 0 Å². The van der Waals surface area contributed by atoms with Crippen LogP contribution in [0.4, 0.5) is 10.6 Å². The molecule has 7 nitrogen and oxygen atoms in total. The number of sulfone groups is 1. The molecule has 0 fully saturated rings. The van der Waals surface area contributed by atoms with E-state index in [9.17, 15) is 13.2 Å². The first-order valence-electron chi connectivity index (χ1n) is 4.88. The zero-order valence-electron chi connectivity index (χ0n) is 9.15. The third kappa shape index (κ3) is 1.82. The topological polar surface area (TPSA) is 121 Å². The minimum atomic E-state index is -3.80. The van der Waals surface area contributed by atoms with Crippen molar-refractivity contribution < 1.29 is 13.2 Å². The molecular formula is C10H10N4O3S. The normalized spacial score (nSPS) is 11.3. The fourth-order valence-electron chi connectivity index (χ4n) is 1.45. The van der Waals surface area contributed by atoms with Gasteiger partial charge in [-0.05, 0) is 12.1 Å². The van der Waals surface area contributed by atoms with Gasteiger partial charge in [0.1, 0.15) is 4.90 Å². The van der Waals surface area contributed by atoms with Crippen molar-refractivity contribution in [2.75, 3.05) is 5.73 Å². The van der Waals surface area contributed by atoms with Gasteiger partial charge in [-0.2, -0.15) is 9.78 Å². The molecule has 0 saturated carbocycles. The molecule has 8 heteroatoms. The lowest BCUT2D eigenvalue weighted by atomic mass is 10.4. The maximum atomic E-state index is 12.2. The van der Waals surface area contributed by atoms with E-state index < -0.39 is 15.9 Å². The highest BCUT2D eigenvalue weighted by molar-refractivity contribution is 7.91. The smallest absolute Gasteiger partial charge is 0.341 e. The Bertz CT molecular complexity index is 691. The van der Waals surface area contributed by atoms with Crippen LogP contribution < -0.4 is 11.5 Å². The van der Waals surface area contributed by atoms with E-state index in [1.165, 1.54) is 12.1 Å². The van der Waals surface area contributed by atoms with Crippen LogP contribution in [0.2, 0.25) is 0 Å². The fraction of sp³-hybridized carbons (Fsp3) is 0. The van der Waals surface area contributed by atoms with E-state index in [1.54, 1.807) is 18.2 Å². The molecule has 0 spiro atoms. The lowest BCUT2D eigenvalue weighted by molar-refractivity contribution is 0.248. The molecule has 4 N–H and O–H groups in total. The first-order valence-corrected chi connectivity index (χ1v) is 6.36. The van der Waals surface area contributed by atoms with Crippen LogP contribution in [-0.4, -0.2) is 24.2 Å². The quantitative estimate of drug-likeness (QED) is 0.805. The summed E-state index contributed by atoms with van der Waals surface area (Å²) in [4.78, 5) is 10.8. The number of carbonyl (C=O) groups is 1. The molecule has 2 aromatic rings. The molecule has 1 aromatic carbocycles. The third-order valence-electron chi connectivity index (χ3n) is 2.32. The van der Waals surface area contributed by atoms with Crippen LogP contribution in [0.3, 0.4) is 0 Å². The van der Waals surface area contributed by atoms with Crippen LogP contribution in [0.5, 0.6) is 0 Å². The van der Waals surface area contributed by atoms with E-state index in [0.717, 1.165) is 6.20 Å². The number of nitrogens with two attached hydrogens (primary N) is 2. The zero-order chi connectivity index (χ0) is 13.3. The summed E-state index contributed by atoms with van der Waals surface area (Å²) in [6, 6.07) is 6.77. The lowest BCUT2D eigenvalue weighted by Gasteiger charge is -2.03. The lowest BCUT2D eigenvalue weighted by Crippen LogP contribution is -2.22. The summed E-state index contributed by atoms with van der Waals surface area (Å²) in [6.07, 6.45) is 1.00. The number of aromatic nitrogens is 2. The first kappa shape index (κ1) is 12.1. The Kier molecular flexibility index (Phi) is 2.79. The molecule has 0 bridgehead atoms. The number of hydrogen-bond acceptors (Lipinski definition) is 5. The number of primary amides is 1. The maximum Gasteiger partial charge on any atom is 0.341 e. The number of rotatable bonds is 2. The number of amides is 1. The van der Waals surface area contributed by atoms with Crippen molar-refractivity contribution in [1.82, 2.24) is 9.78 Å². The molecule has 1 aromatic heterocycles. The molecule has 18 heavy (non-hydrogen) atoms. The Hall–Kier alpha value is -2.35. The second-order valence-corrected chi connectivity index (χ2v) is 5.38. The van der Waals surface area contributed by atoms with Crippen LogP contribution in [0.25, 0.3) is 0 Å². The Labute approximate surface area is 103 Å². The summed E-state index contributed by atoms with van der Waals surface area (Å²) >= 11 is 0. The van der Waals surface area contributed by atoms with Gasteiger partial charge in [0, 0.05) is 0 Å². The number of benzene rings is 1. The molecular weight excluding hydrogens is 256 g/mol. The molecule has 2 rings (SSSR count). The average Bonchev–Trinajstić information content (AvgIpc) is 2.73. The van der Waals surface area contributed by atoms with Crippen LogP contribution in [0.15, 0.2) is 46.3 Å². The predicted molar refractivity (Wildman–Crippen MR) is 63.5 cm³/mol. The Morgan fingerprint density at radius 2 is 1.83 bits per heavy atom. The monoisotopic (exact) mass is 266 g/mol. The second-order valence-electron chi connectivity index (χ2n) is 3.46. The highest BCUT2D eigenvalue weighted by atomic mass is 32.2. The summed E-state index contributed by atoms with van der Waals surface area (Å²) in [5, 5.41) is 3.54. The van der Waals surface area contributed by atoms with E-state index in [2.05, 4.69) is 5.10 Å². The van der Waals surface area contributed by atoms with Crippen LogP contribution in [0, 0.1) is 0 Å². The fourth-order valence-corrected chi connectivity index (χ4v) is 2.77. The molecule has 0 aliphatic carbocycles. The first-order chi connectivity index (χ1) is 8.44. The van der Waals surface area contributed by atoms with Gasteiger partial charge in [0.05, 0.1) is 11.1 Å². The molecule has 0 atom stereocenters. The van der Waals surface area contributed by atoms with Crippen LogP contribution >= 0.6 is 0 Å². The minimum absolute atomic E-state index is 0.0701. The van der Waals surface area contributed by atoms with Crippen molar-refractivity contribution in [3.05, 3.63) is 36.5 Å². The van der Waals surface area contributed by atoms with E-state index in [1.807, 2.05) is 0 Å². The molecule has 0 radical (unpaired) electrons. The van der Waals surface area contributed by atoms with Crippen LogP contribution in [0.1, 0.15) is 0 Å². The molecule has 0 aliphatic rings. The van der Waals surface area contributed by atoms with Crippen molar-refractivity contribution in [3.8, 4) is 0 Å². The van der Waals surface area contributed by atoms with Gasteiger partial charge in [-0.15, -0.1) is 0 Å². The van der Waals surface area contributed by atoms with Crippen molar-refractivity contribution in [3.63, 3.8) is 0 Å². The molecule has 0 aliphatic heterocycles. The summed E-state index contributed by atoms with van der Waals surface area (Å²) in [5.41, 5.74) is 10.5. The van der Waals surface area contributed by atoms with Crippen LogP contribution in [-0.2, 0) is 9.84 Å². The second kappa shape index (κ2) is 4.15. The standard InChI is InChI=1S/C10H10N4O3S/c11-9-8(6-13-14(9)10(12)15)18(16,17)7-4-2-1-3-5-7/h1-6H,11H2,(H2,12,15). The van der Waals surface area contributed by atoms with Gasteiger partial charge in [0.25, 0.3) is 0 Å². The van der Waals surface area contributed by atoms with Gasteiger partial charge in [-0.25, -0.2) is 13.2 Å². The van der Waals surface area contributed by atoms with Crippen molar-refractivity contribution in [2.45, 2.75) is 9.79 Å². The Balaban J connectivity index is 2.60. The third-order valence-corrected chi connectivity index (χ3v) is 4.11. The number of anilines is 1. The number of nitrogen functional groups attached to an aromatic ring is 1. The predicted octanol–water partition coefficient (Wildman–Crippen LogP) is 0.225. The van der Waals surface area contributed by atoms with Gasteiger partial charge in [0.2, 0.25) is 9.84 Å². The molecule has 1 heterocycles. The maximum absolute atomic E-state index is 12.2. The summed E-state index contributed by atoms with van der Waals surface area (Å²) in [6.45, 7) is 0.